The van der Waals surface area contributed by atoms with E-state index in [0.717, 1.165) is 54.4 Å². The maximum atomic E-state index is 11.1. The third-order valence-corrected chi connectivity index (χ3v) is 8.43. The largest absolute Gasteiger partial charge is 0.507 e. The van der Waals surface area contributed by atoms with Gasteiger partial charge in [0.1, 0.15) is 28.7 Å². The van der Waals surface area contributed by atoms with E-state index in [-0.39, 0.29) is 17.2 Å². The fourth-order valence-corrected chi connectivity index (χ4v) is 6.39. The van der Waals surface area contributed by atoms with Gasteiger partial charge < -0.3 is 20.1 Å². The minimum Gasteiger partial charge on any atom is -0.507 e. The molecule has 0 saturated carbocycles. The first kappa shape index (κ1) is 25.7. The summed E-state index contributed by atoms with van der Waals surface area (Å²) in [7, 11) is 0. The Labute approximate surface area is 253 Å². The zero-order valence-corrected chi connectivity index (χ0v) is 23.5. The molecule has 0 heterocycles. The molecule has 0 aliphatic rings. The van der Waals surface area contributed by atoms with E-state index in [2.05, 4.69) is 18.2 Å². The van der Waals surface area contributed by atoms with E-state index in [1.54, 1.807) is 18.2 Å². The predicted octanol–water partition coefficient (Wildman–Crippen LogP) is 10.5. The molecule has 0 aromatic heterocycles. The van der Waals surface area contributed by atoms with Gasteiger partial charge in [0.25, 0.3) is 0 Å². The second-order valence-corrected chi connectivity index (χ2v) is 11.0. The maximum absolute atomic E-state index is 11.1. The van der Waals surface area contributed by atoms with Crippen molar-refractivity contribution in [3.05, 3.63) is 140 Å². The van der Waals surface area contributed by atoms with Crippen LogP contribution in [0.3, 0.4) is 0 Å². The SMILES string of the molecule is Oc1ccc2ccccc2c1-c1ccc(O)c2ccc(Oc3ccc4ccccc4c3-c3cccc4c(O)cccc34)cc12. The Morgan fingerprint density at radius 3 is 1.77 bits per heavy atom. The molecule has 0 spiro atoms. The molecule has 0 radical (unpaired) electrons. The van der Waals surface area contributed by atoms with Gasteiger partial charge in [-0.25, -0.2) is 0 Å². The quantitative estimate of drug-likeness (QED) is 0.197. The second kappa shape index (κ2) is 10.1. The molecule has 3 N–H and O–H groups in total. The van der Waals surface area contributed by atoms with Gasteiger partial charge in [-0.2, -0.15) is 0 Å². The molecule has 0 saturated heterocycles. The zero-order chi connectivity index (χ0) is 29.8. The van der Waals surface area contributed by atoms with Crippen LogP contribution in [0.1, 0.15) is 0 Å². The number of hydrogen-bond donors (Lipinski definition) is 3. The van der Waals surface area contributed by atoms with Gasteiger partial charge in [-0.05, 0) is 92.0 Å². The van der Waals surface area contributed by atoms with Crippen molar-refractivity contribution >= 4 is 43.1 Å². The Bertz CT molecular complexity index is 2410. The van der Waals surface area contributed by atoms with Crippen molar-refractivity contribution < 1.29 is 20.1 Å². The van der Waals surface area contributed by atoms with Crippen LogP contribution >= 0.6 is 0 Å². The number of rotatable bonds is 4. The molecule has 0 aliphatic heterocycles. The van der Waals surface area contributed by atoms with E-state index >= 15 is 0 Å². The molecular weight excluding hydrogens is 544 g/mol. The van der Waals surface area contributed by atoms with Crippen molar-refractivity contribution in [1.82, 2.24) is 0 Å². The molecule has 8 aromatic carbocycles. The second-order valence-electron chi connectivity index (χ2n) is 11.0. The lowest BCUT2D eigenvalue weighted by molar-refractivity contribution is 0.477. The van der Waals surface area contributed by atoms with E-state index in [9.17, 15) is 15.3 Å². The summed E-state index contributed by atoms with van der Waals surface area (Å²) in [6.45, 7) is 0. The predicted molar refractivity (Wildman–Crippen MR) is 179 cm³/mol. The molecule has 8 rings (SSSR count). The molecule has 0 aliphatic carbocycles. The van der Waals surface area contributed by atoms with Crippen molar-refractivity contribution in [2.24, 2.45) is 0 Å². The Morgan fingerprint density at radius 2 is 0.955 bits per heavy atom. The smallest absolute Gasteiger partial charge is 0.135 e. The highest BCUT2D eigenvalue weighted by molar-refractivity contribution is 6.10. The minimum atomic E-state index is 0.150. The minimum absolute atomic E-state index is 0.150. The fraction of sp³-hybridized carbons (Fsp3) is 0. The Kier molecular flexibility index (Phi) is 5.88. The molecule has 0 bridgehead atoms. The molecule has 8 aromatic rings. The summed E-state index contributed by atoms with van der Waals surface area (Å²) in [5, 5.41) is 39.6. The summed E-state index contributed by atoms with van der Waals surface area (Å²) in [5.41, 5.74) is 3.36. The van der Waals surface area contributed by atoms with Gasteiger partial charge in [0.05, 0.1) is 0 Å². The van der Waals surface area contributed by atoms with Crippen LogP contribution in [-0.2, 0) is 0 Å². The van der Waals surface area contributed by atoms with Crippen LogP contribution in [-0.4, -0.2) is 15.3 Å². The van der Waals surface area contributed by atoms with Crippen molar-refractivity contribution in [1.29, 1.82) is 0 Å². The monoisotopic (exact) mass is 570 g/mol. The number of hydrogen-bond acceptors (Lipinski definition) is 4. The number of fused-ring (bicyclic) bond motifs is 4. The van der Waals surface area contributed by atoms with Gasteiger partial charge in [-0.15, -0.1) is 0 Å². The summed E-state index contributed by atoms with van der Waals surface area (Å²) in [5.74, 6) is 1.79. The van der Waals surface area contributed by atoms with E-state index in [0.29, 0.717) is 22.4 Å². The van der Waals surface area contributed by atoms with Crippen molar-refractivity contribution in [3.8, 4) is 51.0 Å². The summed E-state index contributed by atoms with van der Waals surface area (Å²) in [4.78, 5) is 0. The first-order valence-corrected chi connectivity index (χ1v) is 14.4. The Balaban J connectivity index is 1.35. The van der Waals surface area contributed by atoms with Crippen LogP contribution < -0.4 is 4.74 Å². The molecular formula is C40H26O4. The van der Waals surface area contributed by atoms with Crippen LogP contribution in [0.2, 0.25) is 0 Å². The first-order chi connectivity index (χ1) is 21.6. The van der Waals surface area contributed by atoms with Crippen molar-refractivity contribution in [2.75, 3.05) is 0 Å². The third kappa shape index (κ3) is 4.08. The number of aromatic hydroxyl groups is 3. The highest BCUT2D eigenvalue weighted by Gasteiger charge is 2.18. The first-order valence-electron chi connectivity index (χ1n) is 14.4. The summed E-state index contributed by atoms with van der Waals surface area (Å²) >= 11 is 0. The van der Waals surface area contributed by atoms with E-state index in [4.69, 9.17) is 4.74 Å². The maximum Gasteiger partial charge on any atom is 0.135 e. The van der Waals surface area contributed by atoms with Gasteiger partial charge in [-0.1, -0.05) is 91.0 Å². The summed E-state index contributed by atoms with van der Waals surface area (Å²) in [6, 6.07) is 44.4. The molecule has 4 heteroatoms. The van der Waals surface area contributed by atoms with Crippen LogP contribution in [0.25, 0.3) is 65.3 Å². The fourth-order valence-electron chi connectivity index (χ4n) is 6.39. The van der Waals surface area contributed by atoms with Gasteiger partial charge in [0.2, 0.25) is 0 Å². The average molecular weight is 571 g/mol. The van der Waals surface area contributed by atoms with Crippen molar-refractivity contribution in [2.45, 2.75) is 0 Å². The number of ether oxygens (including phenoxy) is 1. The zero-order valence-electron chi connectivity index (χ0n) is 23.5. The average Bonchev–Trinajstić information content (AvgIpc) is 3.05. The number of phenols is 3. The number of benzene rings is 8. The normalized spacial score (nSPS) is 11.5. The van der Waals surface area contributed by atoms with Crippen LogP contribution in [0.15, 0.2) is 140 Å². The van der Waals surface area contributed by atoms with Crippen LogP contribution in [0.4, 0.5) is 0 Å². The highest BCUT2D eigenvalue weighted by Crippen LogP contribution is 2.46. The van der Waals surface area contributed by atoms with Gasteiger partial charge in [0, 0.05) is 21.9 Å². The van der Waals surface area contributed by atoms with E-state index in [1.807, 2.05) is 103 Å². The molecule has 0 amide bonds. The van der Waals surface area contributed by atoms with Gasteiger partial charge >= 0.3 is 0 Å². The highest BCUT2D eigenvalue weighted by atomic mass is 16.5. The standard InChI is InChI=1S/C40H26O4/c41-35-14-6-11-29-30(35)12-5-13-32(29)40-28-10-4-2-8-25(28)16-22-38(40)44-26-17-18-31-34(23-26)33(19-21-36(31)42)39-27-9-3-1-7-24(27)15-20-37(39)43/h1-23,41-43H. The topological polar surface area (TPSA) is 69.9 Å². The molecule has 4 nitrogen and oxygen atoms in total. The molecule has 0 fully saturated rings. The van der Waals surface area contributed by atoms with Crippen molar-refractivity contribution in [3.63, 3.8) is 0 Å². The molecule has 210 valence electrons. The molecule has 0 unspecified atom stereocenters. The third-order valence-electron chi connectivity index (χ3n) is 8.43. The Hall–Kier alpha value is -6.00. The Morgan fingerprint density at radius 1 is 0.364 bits per heavy atom. The molecule has 44 heavy (non-hydrogen) atoms. The molecule has 0 atom stereocenters. The van der Waals surface area contributed by atoms with Crippen LogP contribution in [0, 0.1) is 0 Å². The lowest BCUT2D eigenvalue weighted by Crippen LogP contribution is -1.92. The summed E-state index contributed by atoms with van der Waals surface area (Å²) in [6.07, 6.45) is 0. The van der Waals surface area contributed by atoms with Crippen LogP contribution in [0.5, 0.6) is 28.7 Å². The lowest BCUT2D eigenvalue weighted by Gasteiger charge is -2.18. The lowest BCUT2D eigenvalue weighted by atomic mass is 9.92. The summed E-state index contributed by atoms with van der Waals surface area (Å²) < 4.78 is 6.70. The van der Waals surface area contributed by atoms with E-state index < -0.39 is 0 Å². The number of phenolic OH excluding ortho intramolecular Hbond substituents is 3. The van der Waals surface area contributed by atoms with Gasteiger partial charge in [-0.3, -0.25) is 0 Å². The van der Waals surface area contributed by atoms with E-state index in [1.165, 1.54) is 0 Å². The van der Waals surface area contributed by atoms with Gasteiger partial charge in [0.15, 0.2) is 0 Å².